The highest BCUT2D eigenvalue weighted by Gasteiger charge is 2.70. The number of fused-ring (bicyclic) bond motifs is 1. The normalized spacial score (nSPS) is 49.8. The van der Waals surface area contributed by atoms with Crippen LogP contribution in [0.15, 0.2) is 0 Å². The van der Waals surface area contributed by atoms with E-state index in [0.717, 1.165) is 25.7 Å². The maximum atomic E-state index is 11.6. The van der Waals surface area contributed by atoms with Crippen LogP contribution in [-0.4, -0.2) is 29.2 Å². The van der Waals surface area contributed by atoms with Crippen molar-refractivity contribution in [1.82, 2.24) is 0 Å². The first-order valence-electron chi connectivity index (χ1n) is 4.88. The Morgan fingerprint density at radius 3 is 2.77 bits per heavy atom. The van der Waals surface area contributed by atoms with E-state index in [1.165, 1.54) is 0 Å². The number of hydrogen-bond donors (Lipinski definition) is 1. The summed E-state index contributed by atoms with van der Waals surface area (Å²) in [5.41, 5.74) is -1.81. The van der Waals surface area contributed by atoms with Crippen LogP contribution in [-0.2, 0) is 9.53 Å². The Morgan fingerprint density at radius 2 is 2.23 bits per heavy atom. The number of hydrogen-bond acceptors (Lipinski definition) is 3. The van der Waals surface area contributed by atoms with Gasteiger partial charge in [-0.15, -0.1) is 0 Å². The Hall–Kier alpha value is -0.410. The molecule has 1 N–H and O–H groups in total. The second-order valence-electron chi connectivity index (χ2n) is 4.33. The lowest BCUT2D eigenvalue weighted by molar-refractivity contribution is -0.250. The molecular formula is C10H16O3. The molecule has 0 radical (unpaired) electrons. The van der Waals surface area contributed by atoms with Crippen molar-refractivity contribution in [1.29, 1.82) is 0 Å². The summed E-state index contributed by atoms with van der Waals surface area (Å²) >= 11 is 0. The fourth-order valence-electron chi connectivity index (χ4n) is 2.98. The summed E-state index contributed by atoms with van der Waals surface area (Å²) in [6.45, 7) is 1.58. The molecule has 0 aromatic rings. The van der Waals surface area contributed by atoms with Gasteiger partial charge in [0.1, 0.15) is 11.2 Å². The summed E-state index contributed by atoms with van der Waals surface area (Å²) in [6, 6.07) is 0. The summed E-state index contributed by atoms with van der Waals surface area (Å²) in [5.74, 6) is -0.0877. The number of carbonyl (C=O) groups is 1. The standard InChI is InChI=1S/C10H16O3/c1-9(12)8(11)7-5-3-4-6-10(7,9)13-2/h7,12H,3-6H2,1-2H3/t7-,9-,10+/m1/s1. The fraction of sp³-hybridized carbons (Fsp3) is 0.900. The summed E-state index contributed by atoms with van der Waals surface area (Å²) in [7, 11) is 1.60. The Kier molecular flexibility index (Phi) is 1.79. The molecule has 2 aliphatic carbocycles. The van der Waals surface area contributed by atoms with Crippen LogP contribution < -0.4 is 0 Å². The third-order valence-corrected chi connectivity index (χ3v) is 3.84. The Bertz CT molecular complexity index is 247. The smallest absolute Gasteiger partial charge is 0.173 e. The van der Waals surface area contributed by atoms with E-state index in [1.807, 2.05) is 0 Å². The van der Waals surface area contributed by atoms with E-state index in [1.54, 1.807) is 14.0 Å². The maximum Gasteiger partial charge on any atom is 0.173 e. The molecule has 3 heteroatoms. The summed E-state index contributed by atoms with van der Waals surface area (Å²) < 4.78 is 5.39. The highest BCUT2D eigenvalue weighted by molar-refractivity contribution is 5.99. The maximum absolute atomic E-state index is 11.6. The van der Waals surface area contributed by atoms with Crippen molar-refractivity contribution in [2.45, 2.75) is 43.8 Å². The van der Waals surface area contributed by atoms with E-state index >= 15 is 0 Å². The highest BCUT2D eigenvalue weighted by Crippen LogP contribution is 2.54. The van der Waals surface area contributed by atoms with Crippen LogP contribution in [0.2, 0.25) is 0 Å². The number of ketones is 1. The van der Waals surface area contributed by atoms with Crippen LogP contribution in [0.1, 0.15) is 32.6 Å². The van der Waals surface area contributed by atoms with E-state index in [2.05, 4.69) is 0 Å². The Balaban J connectivity index is 2.31. The average molecular weight is 184 g/mol. The molecule has 2 rings (SSSR count). The number of carbonyl (C=O) groups excluding carboxylic acids is 1. The molecule has 74 valence electrons. The predicted molar refractivity (Wildman–Crippen MR) is 47.3 cm³/mol. The molecule has 13 heavy (non-hydrogen) atoms. The molecule has 0 unspecified atom stereocenters. The predicted octanol–water partition coefficient (Wildman–Crippen LogP) is 0.895. The number of ether oxygens (including phenoxy) is 1. The lowest BCUT2D eigenvalue weighted by atomic mass is 9.52. The van der Waals surface area contributed by atoms with E-state index in [9.17, 15) is 9.90 Å². The first-order chi connectivity index (χ1) is 6.06. The third kappa shape index (κ3) is 0.842. The van der Waals surface area contributed by atoms with Crippen molar-refractivity contribution < 1.29 is 14.6 Å². The Morgan fingerprint density at radius 1 is 1.54 bits per heavy atom. The Labute approximate surface area is 78.1 Å². The van der Waals surface area contributed by atoms with E-state index < -0.39 is 11.2 Å². The number of rotatable bonds is 1. The quantitative estimate of drug-likeness (QED) is 0.658. The van der Waals surface area contributed by atoms with Crippen molar-refractivity contribution >= 4 is 5.78 Å². The van der Waals surface area contributed by atoms with Gasteiger partial charge in [0, 0.05) is 7.11 Å². The molecule has 0 spiro atoms. The van der Waals surface area contributed by atoms with Crippen LogP contribution in [0.3, 0.4) is 0 Å². The molecular weight excluding hydrogens is 168 g/mol. The van der Waals surface area contributed by atoms with Crippen LogP contribution in [0.5, 0.6) is 0 Å². The molecule has 0 aromatic heterocycles. The minimum absolute atomic E-state index is 0.0333. The van der Waals surface area contributed by atoms with Crippen LogP contribution in [0.25, 0.3) is 0 Å². The van der Waals surface area contributed by atoms with Gasteiger partial charge in [-0.25, -0.2) is 0 Å². The second kappa shape index (κ2) is 2.55. The van der Waals surface area contributed by atoms with Crippen molar-refractivity contribution in [3.63, 3.8) is 0 Å². The summed E-state index contributed by atoms with van der Waals surface area (Å²) in [4.78, 5) is 11.6. The van der Waals surface area contributed by atoms with Crippen LogP contribution in [0.4, 0.5) is 0 Å². The van der Waals surface area contributed by atoms with Gasteiger partial charge in [0.2, 0.25) is 0 Å². The van der Waals surface area contributed by atoms with Crippen molar-refractivity contribution in [2.75, 3.05) is 7.11 Å². The van der Waals surface area contributed by atoms with Crippen molar-refractivity contribution in [3.05, 3.63) is 0 Å². The zero-order valence-corrected chi connectivity index (χ0v) is 8.17. The average Bonchev–Trinajstić information content (AvgIpc) is 2.16. The van der Waals surface area contributed by atoms with Crippen LogP contribution >= 0.6 is 0 Å². The van der Waals surface area contributed by atoms with Gasteiger partial charge in [-0.2, -0.15) is 0 Å². The van der Waals surface area contributed by atoms with E-state index in [-0.39, 0.29) is 11.7 Å². The molecule has 3 atom stereocenters. The van der Waals surface area contributed by atoms with Gasteiger partial charge in [0.15, 0.2) is 5.78 Å². The largest absolute Gasteiger partial charge is 0.379 e. The van der Waals surface area contributed by atoms with Gasteiger partial charge in [0.25, 0.3) is 0 Å². The minimum atomic E-state index is -1.24. The molecule has 2 aliphatic rings. The molecule has 0 bridgehead atoms. The molecule has 0 aliphatic heterocycles. The molecule has 3 nitrogen and oxygen atoms in total. The first-order valence-corrected chi connectivity index (χ1v) is 4.88. The summed E-state index contributed by atoms with van der Waals surface area (Å²) in [6.07, 6.45) is 3.82. The van der Waals surface area contributed by atoms with Crippen LogP contribution in [0, 0.1) is 5.92 Å². The lowest BCUT2D eigenvalue weighted by Gasteiger charge is -2.59. The van der Waals surface area contributed by atoms with Gasteiger partial charge in [-0.1, -0.05) is 12.8 Å². The molecule has 0 heterocycles. The number of aliphatic hydroxyl groups is 1. The van der Waals surface area contributed by atoms with Crippen molar-refractivity contribution in [2.24, 2.45) is 5.92 Å². The van der Waals surface area contributed by atoms with Crippen molar-refractivity contribution in [3.8, 4) is 0 Å². The van der Waals surface area contributed by atoms with E-state index in [0.29, 0.717) is 0 Å². The molecule has 0 aromatic carbocycles. The molecule has 0 amide bonds. The number of methoxy groups -OCH3 is 1. The monoisotopic (exact) mass is 184 g/mol. The lowest BCUT2D eigenvalue weighted by Crippen LogP contribution is -2.76. The minimum Gasteiger partial charge on any atom is -0.379 e. The topological polar surface area (TPSA) is 46.5 Å². The number of Topliss-reactive ketones (excluding diaryl/α,β-unsaturated/α-hetero) is 1. The first kappa shape index (κ1) is 9.16. The summed E-state index contributed by atoms with van der Waals surface area (Å²) in [5, 5.41) is 9.95. The fourth-order valence-corrected chi connectivity index (χ4v) is 2.98. The van der Waals surface area contributed by atoms with Gasteiger partial charge < -0.3 is 9.84 Å². The zero-order chi connectivity index (χ0) is 9.69. The second-order valence-corrected chi connectivity index (χ2v) is 4.33. The van der Waals surface area contributed by atoms with Gasteiger partial charge in [-0.3, -0.25) is 4.79 Å². The molecule has 0 saturated heterocycles. The van der Waals surface area contributed by atoms with Gasteiger partial charge >= 0.3 is 0 Å². The third-order valence-electron chi connectivity index (χ3n) is 3.84. The van der Waals surface area contributed by atoms with Gasteiger partial charge in [0.05, 0.1) is 5.92 Å². The molecule has 2 fully saturated rings. The SMILES string of the molecule is CO[C@@]12CCCC[C@@H]1C(=O)[C@@]2(C)O. The van der Waals surface area contributed by atoms with E-state index in [4.69, 9.17) is 4.74 Å². The zero-order valence-electron chi connectivity index (χ0n) is 8.17. The van der Waals surface area contributed by atoms with Gasteiger partial charge in [-0.05, 0) is 19.8 Å². The molecule has 2 saturated carbocycles. The highest BCUT2D eigenvalue weighted by atomic mass is 16.5.